The van der Waals surface area contributed by atoms with E-state index in [2.05, 4.69) is 10.3 Å². The average Bonchev–Trinajstić information content (AvgIpc) is 2.52. The Morgan fingerprint density at radius 3 is 2.91 bits per heavy atom. The zero-order chi connectivity index (χ0) is 15.9. The van der Waals surface area contributed by atoms with Crippen LogP contribution in [-0.2, 0) is 0 Å². The van der Waals surface area contributed by atoms with E-state index in [9.17, 15) is 9.90 Å². The van der Waals surface area contributed by atoms with E-state index >= 15 is 0 Å². The Morgan fingerprint density at radius 1 is 1.41 bits per heavy atom. The number of nitrogens with zero attached hydrogens (tertiary/aromatic N) is 1. The number of aliphatic hydroxyl groups excluding tert-OH is 1. The summed E-state index contributed by atoms with van der Waals surface area (Å²) in [7, 11) is 0. The topological polar surface area (TPSA) is 71.5 Å². The third-order valence-electron chi connectivity index (χ3n) is 3.01. The molecule has 0 bridgehead atoms. The maximum absolute atomic E-state index is 11.9. The van der Waals surface area contributed by atoms with E-state index in [-0.39, 0.29) is 24.2 Å². The minimum Gasteiger partial charge on any atom is -0.491 e. The molecule has 2 N–H and O–H groups in total. The van der Waals surface area contributed by atoms with Crippen molar-refractivity contribution in [2.45, 2.75) is 13.0 Å². The summed E-state index contributed by atoms with van der Waals surface area (Å²) >= 11 is 5.72. The van der Waals surface area contributed by atoms with E-state index in [4.69, 9.17) is 16.3 Å². The van der Waals surface area contributed by atoms with Gasteiger partial charge in [0.15, 0.2) is 0 Å². The average molecular weight is 321 g/mol. The van der Waals surface area contributed by atoms with Gasteiger partial charge in [-0.1, -0.05) is 29.8 Å². The number of carbonyl (C=O) groups excluding carboxylic acids is 1. The van der Waals surface area contributed by atoms with Gasteiger partial charge in [0.2, 0.25) is 0 Å². The Hall–Kier alpha value is -2.11. The Balaban J connectivity index is 1.79. The lowest BCUT2D eigenvalue weighted by atomic mass is 10.2. The first-order valence-corrected chi connectivity index (χ1v) is 7.20. The molecule has 2 rings (SSSR count). The van der Waals surface area contributed by atoms with Crippen LogP contribution in [0.5, 0.6) is 5.75 Å². The first-order chi connectivity index (χ1) is 10.6. The van der Waals surface area contributed by atoms with Gasteiger partial charge in [-0.05, 0) is 30.7 Å². The van der Waals surface area contributed by atoms with Crippen molar-refractivity contribution in [2.24, 2.45) is 0 Å². The predicted molar refractivity (Wildman–Crippen MR) is 84.3 cm³/mol. The second-order valence-corrected chi connectivity index (χ2v) is 5.19. The summed E-state index contributed by atoms with van der Waals surface area (Å²) in [5, 5.41) is 12.7. The molecule has 116 valence electrons. The normalized spacial score (nSPS) is 11.8. The Bertz CT molecular complexity index is 649. The monoisotopic (exact) mass is 320 g/mol. The highest BCUT2D eigenvalue weighted by Gasteiger charge is 2.10. The molecule has 5 nitrogen and oxygen atoms in total. The maximum atomic E-state index is 11.9. The first-order valence-electron chi connectivity index (χ1n) is 6.82. The third-order valence-corrected chi connectivity index (χ3v) is 3.22. The minimum absolute atomic E-state index is 0.0880. The van der Waals surface area contributed by atoms with E-state index in [0.717, 1.165) is 5.56 Å². The van der Waals surface area contributed by atoms with Gasteiger partial charge in [0.1, 0.15) is 23.6 Å². The highest BCUT2D eigenvalue weighted by Crippen LogP contribution is 2.16. The molecule has 1 unspecified atom stereocenters. The fourth-order valence-corrected chi connectivity index (χ4v) is 1.99. The van der Waals surface area contributed by atoms with Crippen molar-refractivity contribution in [3.8, 4) is 5.75 Å². The van der Waals surface area contributed by atoms with Crippen molar-refractivity contribution in [3.63, 3.8) is 0 Å². The summed E-state index contributed by atoms with van der Waals surface area (Å²) < 4.78 is 5.52. The summed E-state index contributed by atoms with van der Waals surface area (Å²) in [5.74, 6) is 0.396. The Morgan fingerprint density at radius 2 is 2.18 bits per heavy atom. The van der Waals surface area contributed by atoms with Crippen LogP contribution < -0.4 is 10.1 Å². The molecule has 1 aromatic heterocycles. The first kappa shape index (κ1) is 16.3. The van der Waals surface area contributed by atoms with Crippen LogP contribution in [0.2, 0.25) is 5.15 Å². The van der Waals surface area contributed by atoms with E-state index in [1.54, 1.807) is 6.07 Å². The molecule has 6 heteroatoms. The molecular weight excluding hydrogens is 304 g/mol. The number of aliphatic hydroxyl groups is 1. The van der Waals surface area contributed by atoms with Gasteiger partial charge in [-0.15, -0.1) is 0 Å². The van der Waals surface area contributed by atoms with Gasteiger partial charge >= 0.3 is 0 Å². The van der Waals surface area contributed by atoms with E-state index in [1.165, 1.54) is 12.3 Å². The molecule has 0 saturated heterocycles. The van der Waals surface area contributed by atoms with Gasteiger partial charge in [-0.25, -0.2) is 4.98 Å². The number of hydrogen-bond acceptors (Lipinski definition) is 4. The van der Waals surface area contributed by atoms with E-state index in [0.29, 0.717) is 11.3 Å². The summed E-state index contributed by atoms with van der Waals surface area (Å²) in [5.41, 5.74) is 1.39. The molecule has 0 aliphatic carbocycles. The van der Waals surface area contributed by atoms with Crippen molar-refractivity contribution in [1.82, 2.24) is 10.3 Å². The van der Waals surface area contributed by atoms with Crippen molar-refractivity contribution in [2.75, 3.05) is 13.2 Å². The summed E-state index contributed by atoms with van der Waals surface area (Å²) in [6, 6.07) is 10.6. The molecule has 1 amide bonds. The minimum atomic E-state index is -0.805. The number of hydrogen-bond donors (Lipinski definition) is 2. The molecule has 1 atom stereocenters. The standard InChI is InChI=1S/C16H17ClN2O3/c1-11-4-2-3-5-14(11)22-10-13(20)9-19-16(21)12-6-7-18-15(17)8-12/h2-8,13,20H,9-10H2,1H3,(H,19,21). The number of benzene rings is 1. The van der Waals surface area contributed by atoms with Gasteiger partial charge < -0.3 is 15.2 Å². The number of rotatable bonds is 6. The number of nitrogens with one attached hydrogen (secondary N) is 1. The number of halogens is 1. The lowest BCUT2D eigenvalue weighted by molar-refractivity contribution is 0.0842. The summed E-state index contributed by atoms with van der Waals surface area (Å²) in [4.78, 5) is 15.7. The molecule has 2 aromatic rings. The number of ether oxygens (including phenoxy) is 1. The number of aromatic nitrogens is 1. The van der Waals surface area contributed by atoms with Crippen LogP contribution in [0.3, 0.4) is 0 Å². The van der Waals surface area contributed by atoms with E-state index in [1.807, 2.05) is 31.2 Å². The lowest BCUT2D eigenvalue weighted by Crippen LogP contribution is -2.35. The van der Waals surface area contributed by atoms with E-state index < -0.39 is 6.10 Å². The molecule has 1 heterocycles. The van der Waals surface area contributed by atoms with Crippen LogP contribution in [0.1, 0.15) is 15.9 Å². The van der Waals surface area contributed by atoms with Crippen LogP contribution >= 0.6 is 11.6 Å². The smallest absolute Gasteiger partial charge is 0.251 e. The van der Waals surface area contributed by atoms with Crippen LogP contribution in [-0.4, -0.2) is 35.3 Å². The molecule has 22 heavy (non-hydrogen) atoms. The molecule has 0 fully saturated rings. The number of para-hydroxylation sites is 1. The molecule has 0 aliphatic rings. The van der Waals surface area contributed by atoms with Crippen LogP contribution in [0.25, 0.3) is 0 Å². The van der Waals surface area contributed by atoms with Gasteiger partial charge in [0.05, 0.1) is 0 Å². The lowest BCUT2D eigenvalue weighted by Gasteiger charge is -2.14. The molecule has 1 aromatic carbocycles. The molecule has 0 radical (unpaired) electrons. The van der Waals surface area contributed by atoms with Crippen molar-refractivity contribution < 1.29 is 14.6 Å². The largest absolute Gasteiger partial charge is 0.491 e. The molecular formula is C16H17ClN2O3. The number of amides is 1. The SMILES string of the molecule is Cc1ccccc1OCC(O)CNC(=O)c1ccnc(Cl)c1. The van der Waals surface area contributed by atoms with Crippen LogP contribution in [0.4, 0.5) is 0 Å². The predicted octanol–water partition coefficient (Wildman–Crippen LogP) is 2.21. The Labute approximate surface area is 133 Å². The highest BCUT2D eigenvalue weighted by atomic mass is 35.5. The van der Waals surface area contributed by atoms with Gasteiger partial charge in [-0.3, -0.25) is 4.79 Å². The number of pyridine rings is 1. The second kappa shape index (κ2) is 7.77. The second-order valence-electron chi connectivity index (χ2n) is 4.81. The van der Waals surface area contributed by atoms with Crippen LogP contribution in [0, 0.1) is 6.92 Å². The maximum Gasteiger partial charge on any atom is 0.251 e. The fourth-order valence-electron chi connectivity index (χ4n) is 1.82. The van der Waals surface area contributed by atoms with Crippen LogP contribution in [0.15, 0.2) is 42.6 Å². The third kappa shape index (κ3) is 4.72. The molecule has 0 aliphatic heterocycles. The fraction of sp³-hybridized carbons (Fsp3) is 0.250. The zero-order valence-corrected chi connectivity index (χ0v) is 12.9. The van der Waals surface area contributed by atoms with Gasteiger partial charge in [0.25, 0.3) is 5.91 Å². The summed E-state index contributed by atoms with van der Waals surface area (Å²) in [6.07, 6.45) is 0.649. The van der Waals surface area contributed by atoms with Crippen molar-refractivity contribution >= 4 is 17.5 Å². The molecule has 0 spiro atoms. The van der Waals surface area contributed by atoms with Crippen molar-refractivity contribution in [1.29, 1.82) is 0 Å². The van der Waals surface area contributed by atoms with Gasteiger partial charge in [0, 0.05) is 18.3 Å². The number of aryl methyl sites for hydroxylation is 1. The Kier molecular flexibility index (Phi) is 5.75. The summed E-state index contributed by atoms with van der Waals surface area (Å²) in [6.45, 7) is 2.11. The van der Waals surface area contributed by atoms with Gasteiger partial charge in [-0.2, -0.15) is 0 Å². The number of carbonyl (C=O) groups is 1. The van der Waals surface area contributed by atoms with Crippen molar-refractivity contribution in [3.05, 3.63) is 58.9 Å². The zero-order valence-electron chi connectivity index (χ0n) is 12.1. The highest BCUT2D eigenvalue weighted by molar-refractivity contribution is 6.29. The molecule has 0 saturated carbocycles. The quantitative estimate of drug-likeness (QED) is 0.801.